The smallest absolute Gasteiger partial charge is 0.236 e. The lowest BCUT2D eigenvalue weighted by molar-refractivity contribution is -0.135. The largest absolute Gasteiger partial charge is 0.494 e. The molecule has 1 amide bonds. The third-order valence-corrected chi connectivity index (χ3v) is 3.92. The zero-order valence-electron chi connectivity index (χ0n) is 14.2. The van der Waals surface area contributed by atoms with Gasteiger partial charge in [0.25, 0.3) is 0 Å². The number of morpholine rings is 1. The fourth-order valence-corrected chi connectivity index (χ4v) is 2.90. The molecule has 0 bridgehead atoms. The van der Waals surface area contributed by atoms with E-state index in [1.54, 1.807) is 24.1 Å². The highest BCUT2D eigenvalue weighted by atomic mass is 19.1. The van der Waals surface area contributed by atoms with E-state index in [1.165, 1.54) is 13.2 Å². The Bertz CT molecular complexity index is 543. The van der Waals surface area contributed by atoms with Gasteiger partial charge >= 0.3 is 0 Å². The van der Waals surface area contributed by atoms with Gasteiger partial charge in [0.05, 0.1) is 25.9 Å². The lowest BCUT2D eigenvalue weighted by Gasteiger charge is -2.35. The molecule has 0 aliphatic carbocycles. The van der Waals surface area contributed by atoms with Crippen LogP contribution in [0.1, 0.15) is 19.4 Å². The van der Waals surface area contributed by atoms with Crippen molar-refractivity contribution in [1.29, 1.82) is 0 Å². The van der Waals surface area contributed by atoms with Crippen LogP contribution in [0.2, 0.25) is 0 Å². The van der Waals surface area contributed by atoms with Gasteiger partial charge in [0.15, 0.2) is 11.6 Å². The van der Waals surface area contributed by atoms with E-state index >= 15 is 0 Å². The van der Waals surface area contributed by atoms with Crippen LogP contribution in [-0.4, -0.2) is 61.7 Å². The molecule has 0 radical (unpaired) electrons. The first-order valence-corrected chi connectivity index (χ1v) is 7.83. The maximum absolute atomic E-state index is 13.7. The van der Waals surface area contributed by atoms with E-state index in [0.29, 0.717) is 13.1 Å². The lowest BCUT2D eigenvalue weighted by atomic mass is 10.2. The summed E-state index contributed by atoms with van der Waals surface area (Å²) in [6.45, 7) is 6.25. The summed E-state index contributed by atoms with van der Waals surface area (Å²) < 4.78 is 24.3. The van der Waals surface area contributed by atoms with Crippen LogP contribution in [0.4, 0.5) is 4.39 Å². The number of carbonyl (C=O) groups excluding carboxylic acids is 1. The van der Waals surface area contributed by atoms with Crippen LogP contribution >= 0.6 is 0 Å². The van der Waals surface area contributed by atoms with Gasteiger partial charge in [-0.05, 0) is 31.5 Å². The zero-order chi connectivity index (χ0) is 17.0. The van der Waals surface area contributed by atoms with Crippen LogP contribution in [0.25, 0.3) is 0 Å². The molecular weight excluding hydrogens is 299 g/mol. The quantitative estimate of drug-likeness (QED) is 0.830. The molecule has 0 saturated carbocycles. The predicted molar refractivity (Wildman–Crippen MR) is 85.9 cm³/mol. The maximum Gasteiger partial charge on any atom is 0.236 e. The van der Waals surface area contributed by atoms with Crippen molar-refractivity contribution in [1.82, 2.24) is 9.80 Å². The van der Waals surface area contributed by atoms with Crippen LogP contribution in [-0.2, 0) is 16.1 Å². The van der Waals surface area contributed by atoms with Crippen LogP contribution in [0.15, 0.2) is 18.2 Å². The van der Waals surface area contributed by atoms with Crippen molar-refractivity contribution in [2.24, 2.45) is 0 Å². The summed E-state index contributed by atoms with van der Waals surface area (Å²) in [6, 6.07) is 4.75. The molecule has 1 fully saturated rings. The second-order valence-corrected chi connectivity index (χ2v) is 6.17. The van der Waals surface area contributed by atoms with E-state index in [2.05, 4.69) is 4.90 Å². The molecular formula is C17H25FN2O3. The van der Waals surface area contributed by atoms with E-state index in [4.69, 9.17) is 9.47 Å². The monoisotopic (exact) mass is 324 g/mol. The van der Waals surface area contributed by atoms with Gasteiger partial charge in [0, 0.05) is 26.7 Å². The Hall–Kier alpha value is -1.66. The average Bonchev–Trinajstić information content (AvgIpc) is 2.46. The number of hydrogen-bond acceptors (Lipinski definition) is 4. The Labute approximate surface area is 137 Å². The van der Waals surface area contributed by atoms with Crippen LogP contribution in [0.3, 0.4) is 0 Å². The van der Waals surface area contributed by atoms with Crippen molar-refractivity contribution >= 4 is 5.91 Å². The average molecular weight is 324 g/mol. The minimum atomic E-state index is -0.415. The molecule has 23 heavy (non-hydrogen) atoms. The molecule has 2 unspecified atom stereocenters. The Morgan fingerprint density at radius 3 is 2.61 bits per heavy atom. The predicted octanol–water partition coefficient (Wildman–Crippen LogP) is 1.90. The topological polar surface area (TPSA) is 42.0 Å². The van der Waals surface area contributed by atoms with E-state index < -0.39 is 5.82 Å². The molecule has 128 valence electrons. The van der Waals surface area contributed by atoms with Crippen molar-refractivity contribution in [3.63, 3.8) is 0 Å². The normalized spacial score (nSPS) is 22.0. The van der Waals surface area contributed by atoms with Crippen molar-refractivity contribution in [3.05, 3.63) is 29.6 Å². The van der Waals surface area contributed by atoms with Gasteiger partial charge in [-0.25, -0.2) is 4.39 Å². The number of halogens is 1. The summed E-state index contributed by atoms with van der Waals surface area (Å²) in [5.41, 5.74) is 0.739. The minimum absolute atomic E-state index is 0.0162. The van der Waals surface area contributed by atoms with Crippen molar-refractivity contribution < 1.29 is 18.7 Å². The SMILES string of the molecule is COc1ccc(CN(C)C(=O)CN2CC(C)OC(C)C2)cc1F. The first-order valence-electron chi connectivity index (χ1n) is 7.83. The summed E-state index contributed by atoms with van der Waals surface area (Å²) in [6.07, 6.45) is 0.264. The van der Waals surface area contributed by atoms with Gasteiger partial charge < -0.3 is 14.4 Å². The first-order chi connectivity index (χ1) is 10.9. The third kappa shape index (κ3) is 4.91. The van der Waals surface area contributed by atoms with E-state index in [-0.39, 0.29) is 23.9 Å². The molecule has 1 aromatic carbocycles. The molecule has 5 nitrogen and oxygen atoms in total. The van der Waals surface area contributed by atoms with E-state index in [0.717, 1.165) is 18.7 Å². The highest BCUT2D eigenvalue weighted by Crippen LogP contribution is 2.18. The molecule has 2 rings (SSSR count). The summed E-state index contributed by atoms with van der Waals surface area (Å²) >= 11 is 0. The molecule has 1 aliphatic heterocycles. The third-order valence-electron chi connectivity index (χ3n) is 3.92. The van der Waals surface area contributed by atoms with Crippen LogP contribution in [0.5, 0.6) is 5.75 Å². The molecule has 0 N–H and O–H groups in total. The number of ether oxygens (including phenoxy) is 2. The van der Waals surface area contributed by atoms with Gasteiger partial charge in [-0.2, -0.15) is 0 Å². The fourth-order valence-electron chi connectivity index (χ4n) is 2.90. The van der Waals surface area contributed by atoms with Crippen LogP contribution < -0.4 is 4.74 Å². The number of nitrogens with zero attached hydrogens (tertiary/aromatic N) is 2. The molecule has 0 aromatic heterocycles. The molecule has 2 atom stereocenters. The number of benzene rings is 1. The van der Waals surface area contributed by atoms with Gasteiger partial charge in [0.1, 0.15) is 0 Å². The van der Waals surface area contributed by atoms with Crippen LogP contribution in [0, 0.1) is 5.82 Å². The molecule has 1 saturated heterocycles. The molecule has 6 heteroatoms. The Kier molecular flexibility index (Phi) is 5.96. The summed E-state index contributed by atoms with van der Waals surface area (Å²) in [7, 11) is 3.16. The number of amides is 1. The van der Waals surface area contributed by atoms with Gasteiger partial charge in [-0.15, -0.1) is 0 Å². The molecule has 0 spiro atoms. The van der Waals surface area contributed by atoms with Crippen molar-refractivity contribution in [2.45, 2.75) is 32.6 Å². The number of methoxy groups -OCH3 is 1. The second kappa shape index (κ2) is 7.75. The summed E-state index contributed by atoms with van der Waals surface area (Å²) in [5.74, 6) is -0.191. The minimum Gasteiger partial charge on any atom is -0.494 e. The highest BCUT2D eigenvalue weighted by Gasteiger charge is 2.24. The van der Waals surface area contributed by atoms with E-state index in [1.807, 2.05) is 13.8 Å². The second-order valence-electron chi connectivity index (χ2n) is 6.17. The summed E-state index contributed by atoms with van der Waals surface area (Å²) in [5, 5.41) is 0. The molecule has 1 heterocycles. The lowest BCUT2D eigenvalue weighted by Crippen LogP contribution is -2.49. The summed E-state index contributed by atoms with van der Waals surface area (Å²) in [4.78, 5) is 16.1. The standard InChI is InChI=1S/C17H25FN2O3/c1-12-8-20(9-13(2)23-12)11-17(21)19(3)10-14-5-6-16(22-4)15(18)7-14/h5-7,12-13H,8-11H2,1-4H3. The molecule has 1 aromatic rings. The fraction of sp³-hybridized carbons (Fsp3) is 0.588. The van der Waals surface area contributed by atoms with Gasteiger partial charge in [0.2, 0.25) is 5.91 Å². The number of hydrogen-bond donors (Lipinski definition) is 0. The number of rotatable bonds is 5. The van der Waals surface area contributed by atoms with Crippen molar-refractivity contribution in [2.75, 3.05) is 33.8 Å². The Morgan fingerprint density at radius 1 is 1.39 bits per heavy atom. The number of likely N-dealkylation sites (N-methyl/N-ethyl adjacent to an activating group) is 1. The van der Waals surface area contributed by atoms with Gasteiger partial charge in [-0.3, -0.25) is 9.69 Å². The van der Waals surface area contributed by atoms with Gasteiger partial charge in [-0.1, -0.05) is 6.07 Å². The van der Waals surface area contributed by atoms with E-state index in [9.17, 15) is 9.18 Å². The first kappa shape index (κ1) is 17.7. The van der Waals surface area contributed by atoms with Crippen molar-refractivity contribution in [3.8, 4) is 5.75 Å². The maximum atomic E-state index is 13.7. The Balaban J connectivity index is 1.91. The molecule has 1 aliphatic rings. The highest BCUT2D eigenvalue weighted by molar-refractivity contribution is 5.78. The Morgan fingerprint density at radius 2 is 2.04 bits per heavy atom. The zero-order valence-corrected chi connectivity index (χ0v) is 14.2. The number of carbonyl (C=O) groups is 1.